The zero-order valence-corrected chi connectivity index (χ0v) is 10.9. The fourth-order valence-electron chi connectivity index (χ4n) is 2.97. The molecule has 0 N–H and O–H groups in total. The molecule has 2 aliphatic rings. The Bertz CT molecular complexity index is 451. The molecule has 1 heterocycles. The number of benzene rings is 1. The smallest absolute Gasteiger partial charge is 0.0825 e. The van der Waals surface area contributed by atoms with Gasteiger partial charge in [0.15, 0.2) is 0 Å². The van der Waals surface area contributed by atoms with Crippen LogP contribution in [-0.4, -0.2) is 16.4 Å². The van der Waals surface area contributed by atoms with Crippen LogP contribution in [0.1, 0.15) is 24.9 Å². The summed E-state index contributed by atoms with van der Waals surface area (Å²) in [6.45, 7) is 3.35. The summed E-state index contributed by atoms with van der Waals surface area (Å²) in [6.07, 6.45) is 5.77. The van der Waals surface area contributed by atoms with Crippen molar-refractivity contribution in [3.05, 3.63) is 48.0 Å². The molecule has 1 saturated heterocycles. The van der Waals surface area contributed by atoms with Crippen LogP contribution in [0.5, 0.6) is 0 Å². The fraction of sp³-hybridized carbons (Fsp3) is 0.400. The molecule has 1 aliphatic carbocycles. The van der Waals surface area contributed by atoms with Crippen LogP contribution in [0.15, 0.2) is 42.5 Å². The van der Waals surface area contributed by atoms with Gasteiger partial charge >= 0.3 is 0 Å². The minimum absolute atomic E-state index is 0.405. The molecule has 3 rings (SSSR count). The van der Waals surface area contributed by atoms with Crippen LogP contribution in [-0.2, 0) is 0 Å². The van der Waals surface area contributed by atoms with Crippen molar-refractivity contribution in [1.82, 2.24) is 4.90 Å². The number of hydrogen-bond donors (Lipinski definition) is 0. The average Bonchev–Trinajstić information content (AvgIpc) is 2.93. The van der Waals surface area contributed by atoms with Crippen LogP contribution >= 0.6 is 12.2 Å². The molecule has 2 heteroatoms. The lowest BCUT2D eigenvalue weighted by atomic mass is 10.0. The summed E-state index contributed by atoms with van der Waals surface area (Å²) in [7, 11) is 0. The Balaban J connectivity index is 1.82. The third-order valence-electron chi connectivity index (χ3n) is 4.05. The summed E-state index contributed by atoms with van der Waals surface area (Å²) >= 11 is 5.64. The van der Waals surface area contributed by atoms with Crippen molar-refractivity contribution in [2.75, 3.05) is 6.54 Å². The second-order valence-electron chi connectivity index (χ2n) is 5.01. The molecule has 1 aromatic carbocycles. The quantitative estimate of drug-likeness (QED) is 0.577. The van der Waals surface area contributed by atoms with E-state index in [9.17, 15) is 0 Å². The highest BCUT2D eigenvalue weighted by atomic mass is 32.1. The largest absolute Gasteiger partial charge is 0.359 e. The van der Waals surface area contributed by atoms with Crippen LogP contribution in [0.3, 0.4) is 0 Å². The van der Waals surface area contributed by atoms with Crippen LogP contribution in [0.4, 0.5) is 0 Å². The number of thiocarbonyl (C=S) groups is 1. The Morgan fingerprint density at radius 1 is 1.29 bits per heavy atom. The van der Waals surface area contributed by atoms with Crippen LogP contribution < -0.4 is 0 Å². The molecular formula is C15H17NS. The first-order valence-corrected chi connectivity index (χ1v) is 6.70. The van der Waals surface area contributed by atoms with E-state index in [0.717, 1.165) is 18.0 Å². The lowest BCUT2D eigenvalue weighted by molar-refractivity contribution is 0.349. The molecular weight excluding hydrogens is 226 g/mol. The van der Waals surface area contributed by atoms with Gasteiger partial charge in [0.1, 0.15) is 0 Å². The van der Waals surface area contributed by atoms with Gasteiger partial charge in [0.25, 0.3) is 0 Å². The topological polar surface area (TPSA) is 3.24 Å². The van der Waals surface area contributed by atoms with Crippen molar-refractivity contribution in [2.24, 2.45) is 11.8 Å². The van der Waals surface area contributed by atoms with Gasteiger partial charge in [0, 0.05) is 18.4 Å². The first-order chi connectivity index (χ1) is 8.27. The summed E-state index contributed by atoms with van der Waals surface area (Å²) in [4.78, 5) is 3.57. The van der Waals surface area contributed by atoms with Gasteiger partial charge in [-0.05, 0) is 18.9 Å². The Labute approximate surface area is 108 Å². The molecule has 17 heavy (non-hydrogen) atoms. The predicted octanol–water partition coefficient (Wildman–Crippen LogP) is 3.58. The number of likely N-dealkylation sites (tertiary alicyclic amines) is 1. The lowest BCUT2D eigenvalue weighted by Crippen LogP contribution is -2.29. The molecule has 1 aliphatic heterocycles. The summed E-state index contributed by atoms with van der Waals surface area (Å²) < 4.78 is 0. The molecule has 3 unspecified atom stereocenters. The van der Waals surface area contributed by atoms with E-state index in [1.165, 1.54) is 5.56 Å². The summed E-state index contributed by atoms with van der Waals surface area (Å²) in [5, 5.41) is 0. The summed E-state index contributed by atoms with van der Waals surface area (Å²) in [5.74, 6) is 1.25. The Hall–Kier alpha value is -1.15. The molecule has 88 valence electrons. The van der Waals surface area contributed by atoms with Crippen LogP contribution in [0.2, 0.25) is 0 Å². The molecule has 1 aromatic rings. The molecule has 0 saturated carbocycles. The highest BCUT2D eigenvalue weighted by molar-refractivity contribution is 7.80. The van der Waals surface area contributed by atoms with Crippen molar-refractivity contribution < 1.29 is 0 Å². The van der Waals surface area contributed by atoms with E-state index >= 15 is 0 Å². The lowest BCUT2D eigenvalue weighted by Gasteiger charge is -2.27. The zero-order chi connectivity index (χ0) is 11.8. The number of nitrogens with zero attached hydrogens (tertiary/aromatic N) is 1. The molecule has 0 bridgehead atoms. The monoisotopic (exact) mass is 243 g/mol. The Morgan fingerprint density at radius 3 is 2.76 bits per heavy atom. The summed E-state index contributed by atoms with van der Waals surface area (Å²) in [6, 6.07) is 11.1. The third kappa shape index (κ3) is 1.81. The van der Waals surface area contributed by atoms with Gasteiger partial charge in [-0.2, -0.15) is 0 Å². The number of hydrogen-bond acceptors (Lipinski definition) is 1. The maximum absolute atomic E-state index is 5.64. The van der Waals surface area contributed by atoms with E-state index in [0.29, 0.717) is 17.9 Å². The Morgan fingerprint density at radius 2 is 2.06 bits per heavy atom. The van der Waals surface area contributed by atoms with Crippen molar-refractivity contribution in [2.45, 2.75) is 19.4 Å². The second-order valence-corrected chi connectivity index (χ2v) is 5.43. The number of rotatable bonds is 2. The minimum Gasteiger partial charge on any atom is -0.359 e. The predicted molar refractivity (Wildman–Crippen MR) is 74.9 cm³/mol. The van der Waals surface area contributed by atoms with E-state index in [2.05, 4.69) is 54.3 Å². The maximum atomic E-state index is 5.64. The third-order valence-corrected chi connectivity index (χ3v) is 4.58. The fourth-order valence-corrected chi connectivity index (χ4v) is 3.48. The van der Waals surface area contributed by atoms with Crippen LogP contribution in [0.25, 0.3) is 0 Å². The van der Waals surface area contributed by atoms with E-state index < -0.39 is 0 Å². The van der Waals surface area contributed by atoms with E-state index in [-0.39, 0.29) is 0 Å². The zero-order valence-electron chi connectivity index (χ0n) is 10.0. The molecule has 0 amide bonds. The number of fused-ring (bicyclic) bond motifs is 1. The normalized spacial score (nSPS) is 28.5. The van der Waals surface area contributed by atoms with E-state index in [4.69, 9.17) is 12.2 Å². The molecule has 1 fully saturated rings. The van der Waals surface area contributed by atoms with Crippen molar-refractivity contribution in [1.29, 1.82) is 0 Å². The molecule has 0 radical (unpaired) electrons. The van der Waals surface area contributed by atoms with Gasteiger partial charge < -0.3 is 4.90 Å². The highest BCUT2D eigenvalue weighted by Gasteiger charge is 2.39. The first kappa shape index (κ1) is 11.0. The van der Waals surface area contributed by atoms with Gasteiger partial charge in [-0.25, -0.2) is 0 Å². The minimum atomic E-state index is 0.405. The highest BCUT2D eigenvalue weighted by Crippen LogP contribution is 2.38. The van der Waals surface area contributed by atoms with Gasteiger partial charge in [-0.1, -0.05) is 54.7 Å². The first-order valence-electron chi connectivity index (χ1n) is 6.29. The van der Waals surface area contributed by atoms with E-state index in [1.54, 1.807) is 0 Å². The maximum Gasteiger partial charge on any atom is 0.0825 e. The van der Waals surface area contributed by atoms with Crippen molar-refractivity contribution in [3.63, 3.8) is 0 Å². The average molecular weight is 243 g/mol. The standard InChI is InChI=1S/C15H17NS/c1-11(12-6-3-2-4-7-12)16-10-13-8-5-9-14(13)15(16)17/h2-8,11,13-14H,9-10H2,1H3. The van der Waals surface area contributed by atoms with Gasteiger partial charge in [0.2, 0.25) is 0 Å². The molecule has 1 nitrogen and oxygen atoms in total. The second kappa shape index (κ2) is 4.26. The molecule has 3 atom stereocenters. The van der Waals surface area contributed by atoms with Gasteiger partial charge in [-0.15, -0.1) is 0 Å². The van der Waals surface area contributed by atoms with Crippen LogP contribution in [0, 0.1) is 11.8 Å². The van der Waals surface area contributed by atoms with Gasteiger partial charge in [-0.3, -0.25) is 0 Å². The van der Waals surface area contributed by atoms with Gasteiger partial charge in [0.05, 0.1) is 11.0 Å². The van der Waals surface area contributed by atoms with Crippen molar-refractivity contribution in [3.8, 4) is 0 Å². The Kier molecular flexibility index (Phi) is 2.75. The molecule has 0 aromatic heterocycles. The van der Waals surface area contributed by atoms with E-state index in [1.807, 2.05) is 0 Å². The number of allylic oxidation sites excluding steroid dienone is 1. The summed E-state index contributed by atoms with van der Waals surface area (Å²) in [5.41, 5.74) is 1.36. The molecule has 0 spiro atoms. The SMILES string of the molecule is CC(c1ccccc1)N1CC2C=CCC2C1=S. The van der Waals surface area contributed by atoms with Crippen molar-refractivity contribution >= 4 is 17.2 Å².